The number of hydrogen-bond acceptors (Lipinski definition) is 6. The minimum Gasteiger partial charge on any atom is -0.440 e. The average Bonchev–Trinajstić information content (AvgIpc) is 3.15. The largest absolute Gasteiger partial charge is 0.440 e. The van der Waals surface area contributed by atoms with E-state index in [2.05, 4.69) is 0 Å². The zero-order valence-electron chi connectivity index (χ0n) is 19.8. The van der Waals surface area contributed by atoms with Crippen molar-refractivity contribution in [3.8, 4) is 0 Å². The summed E-state index contributed by atoms with van der Waals surface area (Å²) in [6.07, 6.45) is 1.72. The maximum atomic E-state index is 14.2. The zero-order valence-corrected chi connectivity index (χ0v) is 20.7. The van der Waals surface area contributed by atoms with Crippen LogP contribution in [0.4, 0.5) is 5.69 Å². The number of nitrogens with zero attached hydrogens (tertiary/aromatic N) is 1. The molecule has 2 aromatic carbocycles. The van der Waals surface area contributed by atoms with E-state index < -0.39 is 19.2 Å². The number of fused-ring (bicyclic) bond motifs is 3. The third-order valence-corrected chi connectivity index (χ3v) is 8.24. The molecule has 0 saturated carbocycles. The molecule has 2 aromatic rings. The third-order valence-electron chi connectivity index (χ3n) is 6.09. The topological polar surface area (TPSA) is 82.1 Å². The van der Waals surface area contributed by atoms with Gasteiger partial charge in [0.05, 0.1) is 25.4 Å². The molecule has 8 heteroatoms. The highest BCUT2D eigenvalue weighted by molar-refractivity contribution is 7.60. The second kappa shape index (κ2) is 9.87. The van der Waals surface area contributed by atoms with Crippen LogP contribution in [0.25, 0.3) is 5.57 Å². The van der Waals surface area contributed by atoms with Crippen molar-refractivity contribution in [2.45, 2.75) is 52.2 Å². The van der Waals surface area contributed by atoms with Crippen molar-refractivity contribution in [1.29, 1.82) is 0 Å². The van der Waals surface area contributed by atoms with Crippen LogP contribution in [-0.4, -0.2) is 30.7 Å². The minimum absolute atomic E-state index is 0.0824. The van der Waals surface area contributed by atoms with Crippen LogP contribution in [0.1, 0.15) is 51.2 Å². The lowest BCUT2D eigenvalue weighted by Gasteiger charge is -2.41. The first kappa shape index (κ1) is 24.4. The molecule has 0 fully saturated rings. The Morgan fingerprint density at radius 2 is 1.59 bits per heavy atom. The standard InChI is InChI=1S/C26H30NO6P/c1-4-7-17-26-22(23(24(28)33-26)34(30,31-5-2)32-6-3)20-15-11-12-16-21(20)27(25(26)29)18-19-13-9-8-10-14-19/h8-16H,4-7,17-18H2,1-3H3. The van der Waals surface area contributed by atoms with E-state index in [1.165, 1.54) is 0 Å². The predicted molar refractivity (Wildman–Crippen MR) is 130 cm³/mol. The van der Waals surface area contributed by atoms with E-state index >= 15 is 0 Å². The molecule has 0 spiro atoms. The van der Waals surface area contributed by atoms with E-state index in [1.54, 1.807) is 18.7 Å². The number of esters is 1. The molecular formula is C26H30NO6P. The Hall–Kier alpha value is -2.73. The van der Waals surface area contributed by atoms with E-state index in [-0.39, 0.29) is 30.9 Å². The fourth-order valence-corrected chi connectivity index (χ4v) is 6.54. The Bertz CT molecular complexity index is 1150. The molecule has 1 atom stereocenters. The van der Waals surface area contributed by atoms with E-state index in [9.17, 15) is 14.2 Å². The molecule has 0 N–H and O–H groups in total. The molecule has 180 valence electrons. The molecule has 2 aliphatic heterocycles. The Balaban J connectivity index is 1.98. The Kier molecular flexibility index (Phi) is 7.08. The first-order chi connectivity index (χ1) is 16.4. The van der Waals surface area contributed by atoms with Crippen LogP contribution in [0.2, 0.25) is 0 Å². The van der Waals surface area contributed by atoms with Gasteiger partial charge in [-0.2, -0.15) is 0 Å². The van der Waals surface area contributed by atoms with Crippen molar-refractivity contribution >= 4 is 30.7 Å². The monoisotopic (exact) mass is 483 g/mol. The highest BCUT2D eigenvalue weighted by Crippen LogP contribution is 2.65. The number of ether oxygens (including phenoxy) is 1. The van der Waals surface area contributed by atoms with Gasteiger partial charge in [0.2, 0.25) is 5.60 Å². The second-order valence-electron chi connectivity index (χ2n) is 8.27. The molecule has 1 unspecified atom stereocenters. The molecule has 7 nitrogen and oxygen atoms in total. The molecular weight excluding hydrogens is 453 g/mol. The van der Waals surface area contributed by atoms with Gasteiger partial charge in [0, 0.05) is 17.6 Å². The second-order valence-corrected chi connectivity index (χ2v) is 10.2. The predicted octanol–water partition coefficient (Wildman–Crippen LogP) is 5.70. The number of carbonyl (C=O) groups excluding carboxylic acids is 2. The van der Waals surface area contributed by atoms with Crippen LogP contribution in [0.5, 0.6) is 0 Å². The summed E-state index contributed by atoms with van der Waals surface area (Å²) in [5.41, 5.74) is 0.960. The van der Waals surface area contributed by atoms with Crippen LogP contribution in [0.15, 0.2) is 59.9 Å². The van der Waals surface area contributed by atoms with Crippen molar-refractivity contribution in [2.75, 3.05) is 18.1 Å². The smallest absolute Gasteiger partial charge is 0.369 e. The van der Waals surface area contributed by atoms with Crippen LogP contribution in [-0.2, 0) is 34.5 Å². The highest BCUT2D eigenvalue weighted by atomic mass is 31.2. The van der Waals surface area contributed by atoms with E-state index in [0.29, 0.717) is 29.8 Å². The minimum atomic E-state index is -4.02. The zero-order chi connectivity index (χ0) is 24.3. The number of para-hydroxylation sites is 1. The summed E-state index contributed by atoms with van der Waals surface area (Å²) in [5.74, 6) is -1.16. The number of rotatable bonds is 10. The average molecular weight is 484 g/mol. The maximum absolute atomic E-state index is 14.2. The van der Waals surface area contributed by atoms with Gasteiger partial charge < -0.3 is 18.7 Å². The normalized spacial score (nSPS) is 19.8. The first-order valence-electron chi connectivity index (χ1n) is 11.7. The summed E-state index contributed by atoms with van der Waals surface area (Å²) in [4.78, 5) is 29.2. The van der Waals surface area contributed by atoms with Gasteiger partial charge in [-0.25, -0.2) is 4.79 Å². The summed E-state index contributed by atoms with van der Waals surface area (Å²) >= 11 is 0. The molecule has 2 heterocycles. The molecule has 34 heavy (non-hydrogen) atoms. The Morgan fingerprint density at radius 3 is 2.24 bits per heavy atom. The van der Waals surface area contributed by atoms with Crippen molar-refractivity contribution in [3.63, 3.8) is 0 Å². The first-order valence-corrected chi connectivity index (χ1v) is 13.3. The maximum Gasteiger partial charge on any atom is 0.369 e. The summed E-state index contributed by atoms with van der Waals surface area (Å²) in [7, 11) is -4.02. The fraction of sp³-hybridized carbons (Fsp3) is 0.385. The molecule has 4 rings (SSSR count). The van der Waals surface area contributed by atoms with Crippen LogP contribution in [0, 0.1) is 0 Å². The fourth-order valence-electron chi connectivity index (χ4n) is 4.68. The molecule has 2 aliphatic rings. The van der Waals surface area contributed by atoms with E-state index in [1.807, 2.05) is 61.5 Å². The molecule has 0 saturated heterocycles. The Labute approximate surface area is 200 Å². The van der Waals surface area contributed by atoms with Gasteiger partial charge in [-0.15, -0.1) is 0 Å². The van der Waals surface area contributed by atoms with Gasteiger partial charge in [0.15, 0.2) is 5.31 Å². The summed E-state index contributed by atoms with van der Waals surface area (Å²) in [6, 6.07) is 17.0. The van der Waals surface area contributed by atoms with Crippen molar-refractivity contribution in [3.05, 3.63) is 71.0 Å². The highest BCUT2D eigenvalue weighted by Gasteiger charge is 2.62. The molecule has 0 bridgehead atoms. The number of unbranched alkanes of at least 4 members (excludes halogenated alkanes) is 1. The van der Waals surface area contributed by atoms with Gasteiger partial charge >= 0.3 is 13.6 Å². The number of benzene rings is 2. The molecule has 1 amide bonds. The SMILES string of the molecule is CCCCC12OC(=O)C(P(=O)(OCC)OCC)=C1c1ccccc1N(Cc1ccccc1)C2=O. The quantitative estimate of drug-likeness (QED) is 0.319. The number of carbonyl (C=O) groups is 2. The molecule has 0 aromatic heterocycles. The molecule has 0 aliphatic carbocycles. The Morgan fingerprint density at radius 1 is 0.941 bits per heavy atom. The van der Waals surface area contributed by atoms with Gasteiger partial charge in [0.25, 0.3) is 5.91 Å². The van der Waals surface area contributed by atoms with Crippen molar-refractivity contribution in [2.24, 2.45) is 0 Å². The number of amides is 1. The summed E-state index contributed by atoms with van der Waals surface area (Å²) in [6.45, 7) is 5.86. The lowest BCUT2D eigenvalue weighted by molar-refractivity contribution is -0.155. The van der Waals surface area contributed by atoms with E-state index in [0.717, 1.165) is 12.0 Å². The van der Waals surface area contributed by atoms with Gasteiger partial charge in [-0.1, -0.05) is 61.9 Å². The number of anilines is 1. The summed E-state index contributed by atoms with van der Waals surface area (Å²) in [5, 5.41) is -0.160. The van der Waals surface area contributed by atoms with Gasteiger partial charge in [-0.3, -0.25) is 9.36 Å². The van der Waals surface area contributed by atoms with Gasteiger partial charge in [0.1, 0.15) is 0 Å². The van der Waals surface area contributed by atoms with Crippen LogP contribution in [0.3, 0.4) is 0 Å². The van der Waals surface area contributed by atoms with E-state index in [4.69, 9.17) is 13.8 Å². The lowest BCUT2D eigenvalue weighted by Crippen LogP contribution is -2.53. The third kappa shape index (κ3) is 4.02. The van der Waals surface area contributed by atoms with Crippen molar-refractivity contribution < 1.29 is 27.9 Å². The van der Waals surface area contributed by atoms with Crippen LogP contribution < -0.4 is 4.90 Å². The summed E-state index contributed by atoms with van der Waals surface area (Å²) < 4.78 is 30.9. The molecule has 0 radical (unpaired) electrons. The van der Waals surface area contributed by atoms with Crippen LogP contribution >= 0.6 is 7.60 Å². The van der Waals surface area contributed by atoms with Crippen molar-refractivity contribution in [1.82, 2.24) is 0 Å². The number of hydrogen-bond donors (Lipinski definition) is 0. The lowest BCUT2D eigenvalue weighted by atomic mass is 9.79. The van der Waals surface area contributed by atoms with Gasteiger partial charge in [-0.05, 0) is 31.9 Å².